The van der Waals surface area contributed by atoms with Gasteiger partial charge in [0.05, 0.1) is 5.69 Å². The van der Waals surface area contributed by atoms with Gasteiger partial charge in [-0.25, -0.2) is 0 Å². The van der Waals surface area contributed by atoms with E-state index in [4.69, 9.17) is 0 Å². The Kier molecular flexibility index (Phi) is 2.72. The molecule has 58 valence electrons. The molecule has 1 rings (SSSR count). The highest BCUT2D eigenvalue weighted by atomic mass is 16.1. The second-order valence-corrected chi connectivity index (χ2v) is 2.43. The summed E-state index contributed by atoms with van der Waals surface area (Å²) in [6.45, 7) is 1.96. The summed E-state index contributed by atoms with van der Waals surface area (Å²) in [5, 5.41) is 0. The molecule has 0 bridgehead atoms. The molecular formula is C8H10N2O. The molecule has 0 aliphatic carbocycles. The predicted molar refractivity (Wildman–Crippen MR) is 41.1 cm³/mol. The smallest absolute Gasteiger partial charge is 0.120 e. The summed E-state index contributed by atoms with van der Waals surface area (Å²) in [5.41, 5.74) is 0.875. The number of nitrogens with zero attached hydrogens (tertiary/aromatic N) is 2. The van der Waals surface area contributed by atoms with Gasteiger partial charge in [0.25, 0.3) is 0 Å². The molecule has 1 aromatic rings. The Balaban J connectivity index is 2.68. The van der Waals surface area contributed by atoms with Crippen LogP contribution in [-0.2, 0) is 4.79 Å². The Hall–Kier alpha value is -1.25. The van der Waals surface area contributed by atoms with Crippen molar-refractivity contribution in [2.24, 2.45) is 0 Å². The van der Waals surface area contributed by atoms with Crippen molar-refractivity contribution in [2.75, 3.05) is 0 Å². The third-order valence-electron chi connectivity index (χ3n) is 1.54. The molecule has 1 aromatic heterocycles. The van der Waals surface area contributed by atoms with Crippen molar-refractivity contribution >= 4 is 6.29 Å². The molecule has 0 saturated carbocycles. The fraction of sp³-hybridized carbons (Fsp3) is 0.375. The third kappa shape index (κ3) is 2.11. The van der Waals surface area contributed by atoms with Crippen LogP contribution in [0.4, 0.5) is 0 Å². The first-order valence-corrected chi connectivity index (χ1v) is 3.54. The first-order valence-electron chi connectivity index (χ1n) is 3.54. The minimum Gasteiger partial charge on any atom is -0.303 e. The molecule has 3 nitrogen and oxygen atoms in total. The van der Waals surface area contributed by atoms with Gasteiger partial charge in [0, 0.05) is 30.9 Å². The van der Waals surface area contributed by atoms with Gasteiger partial charge in [-0.15, -0.1) is 0 Å². The zero-order valence-corrected chi connectivity index (χ0v) is 6.40. The fourth-order valence-electron chi connectivity index (χ4n) is 0.830. The van der Waals surface area contributed by atoms with Crippen LogP contribution in [0.15, 0.2) is 18.6 Å². The van der Waals surface area contributed by atoms with Crippen LogP contribution in [0.2, 0.25) is 0 Å². The van der Waals surface area contributed by atoms with Gasteiger partial charge >= 0.3 is 0 Å². The van der Waals surface area contributed by atoms with Gasteiger partial charge in [0.15, 0.2) is 0 Å². The van der Waals surface area contributed by atoms with Crippen LogP contribution < -0.4 is 0 Å². The maximum atomic E-state index is 10.1. The van der Waals surface area contributed by atoms with Crippen LogP contribution in [0.5, 0.6) is 0 Å². The summed E-state index contributed by atoms with van der Waals surface area (Å²) in [7, 11) is 0. The average molecular weight is 150 g/mol. The Bertz CT molecular complexity index is 223. The molecule has 0 fully saturated rings. The molecule has 1 heterocycles. The van der Waals surface area contributed by atoms with Crippen molar-refractivity contribution in [3.8, 4) is 0 Å². The highest BCUT2D eigenvalue weighted by molar-refractivity contribution is 5.50. The van der Waals surface area contributed by atoms with Gasteiger partial charge in [0.2, 0.25) is 0 Å². The van der Waals surface area contributed by atoms with Gasteiger partial charge in [0.1, 0.15) is 6.29 Å². The molecular weight excluding hydrogens is 140 g/mol. The minimum absolute atomic E-state index is 0.182. The molecule has 11 heavy (non-hydrogen) atoms. The van der Waals surface area contributed by atoms with Crippen LogP contribution in [-0.4, -0.2) is 16.3 Å². The first-order chi connectivity index (χ1) is 5.34. The van der Waals surface area contributed by atoms with Crippen LogP contribution in [0.25, 0.3) is 0 Å². The Labute approximate surface area is 65.5 Å². The Morgan fingerprint density at radius 3 is 3.00 bits per heavy atom. The van der Waals surface area contributed by atoms with Gasteiger partial charge < -0.3 is 4.79 Å². The van der Waals surface area contributed by atoms with Crippen molar-refractivity contribution in [1.82, 2.24) is 9.97 Å². The molecule has 0 spiro atoms. The van der Waals surface area contributed by atoms with E-state index >= 15 is 0 Å². The van der Waals surface area contributed by atoms with Crippen molar-refractivity contribution in [3.05, 3.63) is 24.3 Å². The SMILES string of the molecule is CC(CC=O)c1cnccn1. The molecule has 0 saturated heterocycles. The number of aromatic nitrogens is 2. The lowest BCUT2D eigenvalue weighted by molar-refractivity contribution is -0.108. The van der Waals surface area contributed by atoms with Gasteiger partial charge in [-0.05, 0) is 0 Å². The highest BCUT2D eigenvalue weighted by Crippen LogP contribution is 2.12. The molecule has 0 aromatic carbocycles. The molecule has 0 amide bonds. The van der Waals surface area contributed by atoms with Crippen molar-refractivity contribution in [1.29, 1.82) is 0 Å². The van der Waals surface area contributed by atoms with Crippen LogP contribution in [0, 0.1) is 0 Å². The lowest BCUT2D eigenvalue weighted by atomic mass is 10.1. The highest BCUT2D eigenvalue weighted by Gasteiger charge is 2.04. The maximum absolute atomic E-state index is 10.1. The van der Waals surface area contributed by atoms with Crippen LogP contribution >= 0.6 is 0 Å². The molecule has 1 atom stereocenters. The van der Waals surface area contributed by atoms with Crippen molar-refractivity contribution < 1.29 is 4.79 Å². The quantitative estimate of drug-likeness (QED) is 0.607. The molecule has 0 radical (unpaired) electrons. The number of aldehydes is 1. The van der Waals surface area contributed by atoms with E-state index in [2.05, 4.69) is 9.97 Å². The van der Waals surface area contributed by atoms with Gasteiger partial charge in [-0.2, -0.15) is 0 Å². The summed E-state index contributed by atoms with van der Waals surface area (Å²) >= 11 is 0. The van der Waals surface area contributed by atoms with Crippen molar-refractivity contribution in [2.45, 2.75) is 19.3 Å². The van der Waals surface area contributed by atoms with Crippen molar-refractivity contribution in [3.63, 3.8) is 0 Å². The van der Waals surface area contributed by atoms with Gasteiger partial charge in [-0.3, -0.25) is 9.97 Å². The summed E-state index contributed by atoms with van der Waals surface area (Å²) in [5.74, 6) is 0.182. The zero-order valence-electron chi connectivity index (χ0n) is 6.40. The molecule has 1 unspecified atom stereocenters. The predicted octanol–water partition coefficient (Wildman–Crippen LogP) is 1.17. The second kappa shape index (κ2) is 3.81. The summed E-state index contributed by atoms with van der Waals surface area (Å²) in [6, 6.07) is 0. The van der Waals surface area contributed by atoms with E-state index in [1.165, 1.54) is 0 Å². The zero-order chi connectivity index (χ0) is 8.10. The number of rotatable bonds is 3. The van der Waals surface area contributed by atoms with Gasteiger partial charge in [-0.1, -0.05) is 6.92 Å². The first kappa shape index (κ1) is 7.85. The van der Waals surface area contributed by atoms with E-state index < -0.39 is 0 Å². The lowest BCUT2D eigenvalue weighted by Crippen LogP contribution is -1.97. The monoisotopic (exact) mass is 150 g/mol. The van der Waals surface area contributed by atoms with E-state index in [0.29, 0.717) is 6.42 Å². The fourth-order valence-corrected chi connectivity index (χ4v) is 0.830. The summed E-state index contributed by atoms with van der Waals surface area (Å²) < 4.78 is 0. The number of carbonyl (C=O) groups is 1. The van der Waals surface area contributed by atoms with Crippen LogP contribution in [0.1, 0.15) is 25.0 Å². The molecule has 0 aliphatic rings. The summed E-state index contributed by atoms with van der Waals surface area (Å²) in [6.07, 6.45) is 6.36. The van der Waals surface area contributed by atoms with Crippen LogP contribution in [0.3, 0.4) is 0 Å². The number of hydrogen-bond donors (Lipinski definition) is 0. The second-order valence-electron chi connectivity index (χ2n) is 2.43. The van der Waals surface area contributed by atoms with E-state index in [-0.39, 0.29) is 5.92 Å². The Morgan fingerprint density at radius 1 is 1.64 bits per heavy atom. The summed E-state index contributed by atoms with van der Waals surface area (Å²) in [4.78, 5) is 18.1. The molecule has 0 aliphatic heterocycles. The molecule has 3 heteroatoms. The third-order valence-corrected chi connectivity index (χ3v) is 1.54. The Morgan fingerprint density at radius 2 is 2.45 bits per heavy atom. The normalized spacial score (nSPS) is 12.5. The largest absolute Gasteiger partial charge is 0.303 e. The maximum Gasteiger partial charge on any atom is 0.120 e. The van der Waals surface area contributed by atoms with E-state index in [0.717, 1.165) is 12.0 Å². The number of carbonyl (C=O) groups excluding carboxylic acids is 1. The van der Waals surface area contributed by atoms with E-state index in [1.807, 2.05) is 6.92 Å². The minimum atomic E-state index is 0.182. The number of hydrogen-bond acceptors (Lipinski definition) is 3. The molecule has 0 N–H and O–H groups in total. The lowest BCUT2D eigenvalue weighted by Gasteiger charge is -2.03. The standard InChI is InChI=1S/C8H10N2O/c1-7(2-5-11)8-6-9-3-4-10-8/h3-7H,2H2,1H3. The topological polar surface area (TPSA) is 42.9 Å². The van der Waals surface area contributed by atoms with E-state index in [9.17, 15) is 4.79 Å². The average Bonchev–Trinajstić information content (AvgIpc) is 2.07. The van der Waals surface area contributed by atoms with E-state index in [1.54, 1.807) is 18.6 Å².